The molecule has 0 saturated carbocycles. The Bertz CT molecular complexity index is 2230. The Morgan fingerprint density at radius 1 is 0.623 bits per heavy atom. The molecule has 0 aliphatic carbocycles. The highest BCUT2D eigenvalue weighted by Crippen LogP contribution is 2.24. The summed E-state index contributed by atoms with van der Waals surface area (Å²) in [5.41, 5.74) is 8.39. The van der Waals surface area contributed by atoms with Crippen molar-refractivity contribution in [2.75, 3.05) is 5.32 Å². The van der Waals surface area contributed by atoms with Crippen molar-refractivity contribution in [1.82, 2.24) is 19.6 Å². The number of carbonyl (C=O) groups is 2. The van der Waals surface area contributed by atoms with Gasteiger partial charge in [-0.15, -0.1) is 0 Å². The second-order valence-electron chi connectivity index (χ2n) is 11.1. The zero-order valence-electron chi connectivity index (χ0n) is 27.8. The number of anilines is 1. The van der Waals surface area contributed by atoms with E-state index in [-0.39, 0.29) is 15.6 Å². The Morgan fingerprint density at radius 2 is 1.04 bits per heavy atom. The van der Waals surface area contributed by atoms with Gasteiger partial charge in [-0.1, -0.05) is 121 Å². The molecule has 2 aromatic heterocycles. The molecule has 272 valence electrons. The van der Waals surface area contributed by atoms with Crippen LogP contribution < -0.4 is 22.2 Å². The van der Waals surface area contributed by atoms with Crippen LogP contribution in [0.4, 0.5) is 5.69 Å². The number of carboxylic acids is 2. The molecule has 0 spiro atoms. The smallest absolute Gasteiger partial charge is 0.330 e. The van der Waals surface area contributed by atoms with Gasteiger partial charge in [-0.2, -0.15) is 10.2 Å². The van der Waals surface area contributed by atoms with Crippen LogP contribution in [0.1, 0.15) is 34.3 Å². The molecule has 2 unspecified atom stereocenters. The van der Waals surface area contributed by atoms with Crippen LogP contribution in [0.5, 0.6) is 0 Å². The van der Waals surface area contributed by atoms with E-state index in [2.05, 4.69) is 63.3 Å². The van der Waals surface area contributed by atoms with Crippen molar-refractivity contribution in [3.8, 4) is 0 Å². The molecule has 0 fully saturated rings. The minimum Gasteiger partial charge on any atom is -0.480 e. The minimum atomic E-state index is -1.04. The first kappa shape index (κ1) is 40.5. The van der Waals surface area contributed by atoms with Gasteiger partial charge in [0.2, 0.25) is 0 Å². The molecule has 12 nitrogen and oxygen atoms in total. The second-order valence-corrected chi connectivity index (χ2v) is 13.6. The van der Waals surface area contributed by atoms with Crippen LogP contribution in [0.25, 0.3) is 0 Å². The van der Waals surface area contributed by atoms with E-state index in [1.54, 1.807) is 54.7 Å². The van der Waals surface area contributed by atoms with Gasteiger partial charge in [0, 0.05) is 0 Å². The quantitative estimate of drug-likeness (QED) is 0.113. The van der Waals surface area contributed by atoms with Crippen molar-refractivity contribution < 1.29 is 19.8 Å². The first-order valence-corrected chi connectivity index (χ1v) is 18.2. The van der Waals surface area contributed by atoms with Crippen LogP contribution in [0.15, 0.2) is 157 Å². The van der Waals surface area contributed by atoms with E-state index in [0.717, 1.165) is 11.1 Å². The molecular weight excluding hydrogens is 876 g/mol. The van der Waals surface area contributed by atoms with E-state index in [9.17, 15) is 24.3 Å². The predicted molar refractivity (Wildman–Crippen MR) is 213 cm³/mol. The highest BCUT2D eigenvalue weighted by Gasteiger charge is 2.22. The topological polar surface area (TPSA) is 182 Å². The largest absolute Gasteiger partial charge is 0.480 e. The van der Waals surface area contributed by atoms with Crippen LogP contribution in [-0.4, -0.2) is 41.7 Å². The number of rotatable bonds is 10. The fraction of sp³-hybridized carbons (Fsp3) is 0.105. The molecular formula is C38H33Br3N6O6. The zero-order valence-corrected chi connectivity index (χ0v) is 32.6. The average molecular weight is 909 g/mol. The fourth-order valence-electron chi connectivity index (χ4n) is 4.64. The van der Waals surface area contributed by atoms with Gasteiger partial charge in [0.25, 0.3) is 11.1 Å². The van der Waals surface area contributed by atoms with Gasteiger partial charge < -0.3 is 21.3 Å². The highest BCUT2D eigenvalue weighted by atomic mass is 79.9. The van der Waals surface area contributed by atoms with E-state index < -0.39 is 24.0 Å². The maximum Gasteiger partial charge on any atom is 0.330 e. The third-order valence-corrected chi connectivity index (χ3v) is 10.0. The van der Waals surface area contributed by atoms with Gasteiger partial charge >= 0.3 is 11.9 Å². The number of halogens is 3. The van der Waals surface area contributed by atoms with Crippen LogP contribution in [0, 0.1) is 0 Å². The summed E-state index contributed by atoms with van der Waals surface area (Å²) in [6, 6.07) is 34.8. The van der Waals surface area contributed by atoms with Gasteiger partial charge in [-0.3, -0.25) is 14.4 Å². The Hall–Kier alpha value is -5.22. The number of aliphatic carboxylic acids is 2. The minimum absolute atomic E-state index is 0.141. The number of carboxylic acid groups (broad SMARTS) is 2. The molecule has 15 heteroatoms. The van der Waals surface area contributed by atoms with Crippen molar-refractivity contribution in [3.63, 3.8) is 0 Å². The molecule has 4 aromatic carbocycles. The molecule has 0 saturated heterocycles. The maximum atomic E-state index is 12.5. The van der Waals surface area contributed by atoms with E-state index >= 15 is 0 Å². The summed E-state index contributed by atoms with van der Waals surface area (Å²) < 4.78 is 4.15. The van der Waals surface area contributed by atoms with E-state index in [1.165, 1.54) is 15.6 Å². The molecule has 0 bridgehead atoms. The molecule has 0 radical (unpaired) electrons. The third kappa shape index (κ3) is 11.9. The van der Waals surface area contributed by atoms with Crippen molar-refractivity contribution in [2.45, 2.75) is 25.2 Å². The molecule has 53 heavy (non-hydrogen) atoms. The highest BCUT2D eigenvalue weighted by molar-refractivity contribution is 9.13. The van der Waals surface area contributed by atoms with E-state index in [0.29, 0.717) is 38.8 Å². The van der Waals surface area contributed by atoms with E-state index in [1.807, 2.05) is 72.8 Å². The lowest BCUT2D eigenvalue weighted by atomic mass is 10.1. The molecule has 6 rings (SSSR count). The zero-order chi connectivity index (χ0) is 38.3. The van der Waals surface area contributed by atoms with Crippen LogP contribution in [-0.2, 0) is 22.7 Å². The average Bonchev–Trinajstić information content (AvgIpc) is 3.18. The van der Waals surface area contributed by atoms with Gasteiger partial charge in [0.1, 0.15) is 15.0 Å². The maximum absolute atomic E-state index is 12.5. The van der Waals surface area contributed by atoms with Crippen LogP contribution in [0.3, 0.4) is 0 Å². The van der Waals surface area contributed by atoms with Crippen molar-refractivity contribution in [2.24, 2.45) is 5.73 Å². The summed E-state index contributed by atoms with van der Waals surface area (Å²) in [7, 11) is 0. The summed E-state index contributed by atoms with van der Waals surface area (Å²) >= 11 is 9.73. The molecule has 0 aliphatic rings. The number of nitrogens with zero attached hydrogens (tertiary/aromatic N) is 4. The Morgan fingerprint density at radius 3 is 1.49 bits per heavy atom. The Labute approximate surface area is 329 Å². The van der Waals surface area contributed by atoms with Gasteiger partial charge in [0.05, 0.1) is 35.6 Å². The molecule has 2 atom stereocenters. The number of hydrogen-bond acceptors (Lipinski definition) is 8. The first-order chi connectivity index (χ1) is 25.5. The summed E-state index contributed by atoms with van der Waals surface area (Å²) in [4.78, 5) is 46.4. The predicted octanol–water partition coefficient (Wildman–Crippen LogP) is 6.88. The second kappa shape index (κ2) is 20.1. The number of nitrogens with two attached hydrogens (primary N) is 1. The van der Waals surface area contributed by atoms with Crippen molar-refractivity contribution >= 4 is 65.4 Å². The summed E-state index contributed by atoms with van der Waals surface area (Å²) in [6.07, 6.45) is 3.06. The molecule has 0 aliphatic heterocycles. The molecule has 0 amide bonds. The first-order valence-electron chi connectivity index (χ1n) is 15.8. The van der Waals surface area contributed by atoms with Crippen LogP contribution >= 0.6 is 47.8 Å². The third-order valence-electron chi connectivity index (χ3n) is 7.38. The normalized spacial score (nSPS) is 11.5. The van der Waals surface area contributed by atoms with E-state index in [4.69, 9.17) is 10.8 Å². The van der Waals surface area contributed by atoms with Gasteiger partial charge in [0.15, 0.2) is 6.04 Å². The molecule has 6 aromatic rings. The lowest BCUT2D eigenvalue weighted by Crippen LogP contribution is -2.27. The lowest BCUT2D eigenvalue weighted by molar-refractivity contribution is -0.139. The summed E-state index contributed by atoms with van der Waals surface area (Å²) in [5.74, 6) is -2.05. The van der Waals surface area contributed by atoms with Crippen molar-refractivity contribution in [1.29, 1.82) is 0 Å². The fourth-order valence-corrected chi connectivity index (χ4v) is 5.63. The molecule has 2 heterocycles. The number of hydrogen-bond donors (Lipinski definition) is 4. The van der Waals surface area contributed by atoms with Gasteiger partial charge in [-0.25, -0.2) is 14.2 Å². The number of benzene rings is 4. The standard InChI is InChI=1S/C19H16BrN3O3.C11H8Br2N2O.C8H9NO2/c20-16-15(22-17(19(25)26)14-9-5-2-6-10-14)11-21-23(18(16)24)12-13-7-3-1-4-8-13;12-9-6-14-15(11(16)10(9)13)7-8-4-2-1-3-5-8;9-7(8(10)11)6-4-2-1-3-5-6/h1-11,17,22H,12H2,(H,25,26);1-6H,7H2;1-5,7H,9H2,(H,10,11). The Balaban J connectivity index is 0.000000197. The number of aromatic nitrogens is 4. The monoisotopic (exact) mass is 906 g/mol. The SMILES string of the molecule is NC(C(=O)O)c1ccccc1.O=C(O)C(Nc1cnn(Cc2ccccc2)c(=O)c1Br)c1ccccc1.O=c1c(Br)c(Br)cnn1Cc1ccccc1. The van der Waals surface area contributed by atoms with Gasteiger partial charge in [-0.05, 0) is 70.0 Å². The summed E-state index contributed by atoms with van der Waals surface area (Å²) in [6.45, 7) is 0.811. The van der Waals surface area contributed by atoms with Crippen LogP contribution in [0.2, 0.25) is 0 Å². The summed E-state index contributed by atoms with van der Waals surface area (Å²) in [5, 5.41) is 29.1. The Kier molecular flexibility index (Phi) is 15.4. The molecule has 5 N–H and O–H groups in total. The number of nitrogens with one attached hydrogen (secondary N) is 1. The lowest BCUT2D eigenvalue weighted by Gasteiger charge is -2.17. The van der Waals surface area contributed by atoms with Crippen molar-refractivity contribution in [3.05, 3.63) is 190 Å².